The Morgan fingerprint density at radius 2 is 1.56 bits per heavy atom. The van der Waals surface area contributed by atoms with E-state index in [1.807, 2.05) is 13.8 Å². The van der Waals surface area contributed by atoms with Gasteiger partial charge in [0.05, 0.1) is 0 Å². The highest BCUT2D eigenvalue weighted by Crippen LogP contribution is 2.29. The highest BCUT2D eigenvalue weighted by Gasteiger charge is 2.18. The third-order valence-electron chi connectivity index (χ3n) is 2.90. The van der Waals surface area contributed by atoms with E-state index in [1.165, 1.54) is 5.56 Å². The van der Waals surface area contributed by atoms with Gasteiger partial charge >= 0.3 is 0 Å². The Morgan fingerprint density at radius 3 is 1.94 bits per heavy atom. The van der Waals surface area contributed by atoms with Crippen LogP contribution in [0.5, 0.6) is 5.75 Å². The van der Waals surface area contributed by atoms with Gasteiger partial charge in [-0.3, -0.25) is 0 Å². The van der Waals surface area contributed by atoms with E-state index in [4.69, 9.17) is 4.74 Å². The Balaban J connectivity index is 2.84. The zero-order chi connectivity index (χ0) is 12.4. The Kier molecular flexibility index (Phi) is 4.02. The van der Waals surface area contributed by atoms with Crippen LogP contribution in [-0.4, -0.2) is 5.34 Å². The molecule has 1 aromatic rings. The van der Waals surface area contributed by atoms with E-state index in [-0.39, 0.29) is 10.8 Å². The maximum Gasteiger partial charge on any atom is 0.120 e. The third kappa shape index (κ3) is 3.79. The minimum Gasteiger partial charge on any atom is -0.484 e. The van der Waals surface area contributed by atoms with Gasteiger partial charge in [-0.05, 0) is 43.4 Å². The predicted molar refractivity (Wildman–Crippen MR) is 74.2 cm³/mol. The minimum absolute atomic E-state index is 0.207. The van der Waals surface area contributed by atoms with Crippen LogP contribution in [0.15, 0.2) is 24.3 Å². The van der Waals surface area contributed by atoms with Crippen molar-refractivity contribution in [2.24, 2.45) is 0 Å². The fourth-order valence-corrected chi connectivity index (χ4v) is 1.62. The highest BCUT2D eigenvalue weighted by molar-refractivity contribution is 7.18. The molecule has 2 heteroatoms. The molecule has 1 atom stereocenters. The molecule has 0 aliphatic heterocycles. The summed E-state index contributed by atoms with van der Waals surface area (Å²) in [5, 5.41) is -0.207. The van der Waals surface area contributed by atoms with E-state index >= 15 is 0 Å². The second-order valence-corrected chi connectivity index (χ2v) is 6.86. The summed E-state index contributed by atoms with van der Waals surface area (Å²) in [6.45, 7) is 10.8. The summed E-state index contributed by atoms with van der Waals surface area (Å²) >= 11 is 0. The van der Waals surface area contributed by atoms with Crippen LogP contribution >= 0.6 is 9.24 Å². The highest BCUT2D eigenvalue weighted by atomic mass is 31.0. The van der Waals surface area contributed by atoms with Crippen LogP contribution in [-0.2, 0) is 5.41 Å². The van der Waals surface area contributed by atoms with E-state index in [2.05, 4.69) is 54.3 Å². The van der Waals surface area contributed by atoms with Crippen LogP contribution in [0, 0.1) is 0 Å². The van der Waals surface area contributed by atoms with Gasteiger partial charge in [-0.15, -0.1) is 0 Å². The quantitative estimate of drug-likeness (QED) is 0.708. The van der Waals surface area contributed by atoms with Crippen molar-refractivity contribution >= 4 is 9.24 Å². The number of hydrogen-bond donors (Lipinski definition) is 0. The van der Waals surface area contributed by atoms with Crippen molar-refractivity contribution in [2.75, 3.05) is 0 Å². The van der Waals surface area contributed by atoms with Crippen molar-refractivity contribution in [3.63, 3.8) is 0 Å². The number of ether oxygens (including phenoxy) is 1. The van der Waals surface area contributed by atoms with Crippen molar-refractivity contribution in [3.8, 4) is 5.75 Å². The molecular weight excluding hydrogens is 215 g/mol. The van der Waals surface area contributed by atoms with Crippen LogP contribution in [0.2, 0.25) is 0 Å². The van der Waals surface area contributed by atoms with E-state index in [1.54, 1.807) is 0 Å². The molecule has 0 saturated carbocycles. The zero-order valence-corrected chi connectivity index (χ0v) is 12.2. The van der Waals surface area contributed by atoms with Crippen molar-refractivity contribution in [1.29, 1.82) is 0 Å². The molecule has 0 aliphatic rings. The van der Waals surface area contributed by atoms with Gasteiger partial charge in [-0.1, -0.05) is 42.1 Å². The molecule has 0 aliphatic carbocycles. The molecule has 0 radical (unpaired) electrons. The second-order valence-electron chi connectivity index (χ2n) is 5.47. The molecule has 1 nitrogen and oxygen atoms in total. The molecule has 1 unspecified atom stereocenters. The third-order valence-corrected chi connectivity index (χ3v) is 3.02. The minimum atomic E-state index is -0.207. The maximum absolute atomic E-state index is 5.77. The molecule has 0 N–H and O–H groups in total. The molecule has 0 aromatic heterocycles. The first-order valence-electron chi connectivity index (χ1n) is 5.83. The van der Waals surface area contributed by atoms with Crippen molar-refractivity contribution < 1.29 is 4.74 Å². The SMILES string of the molecule is CCC(C)(C)c1ccc(OC(C)(C)P)cc1. The molecule has 16 heavy (non-hydrogen) atoms. The van der Waals surface area contributed by atoms with E-state index < -0.39 is 0 Å². The van der Waals surface area contributed by atoms with Crippen molar-refractivity contribution in [2.45, 2.75) is 51.8 Å². The molecular formula is C14H23OP. The topological polar surface area (TPSA) is 9.23 Å². The van der Waals surface area contributed by atoms with Crippen molar-refractivity contribution in [3.05, 3.63) is 29.8 Å². The molecule has 0 saturated heterocycles. The summed E-state index contributed by atoms with van der Waals surface area (Å²) in [6.07, 6.45) is 1.14. The first-order valence-corrected chi connectivity index (χ1v) is 6.41. The van der Waals surface area contributed by atoms with Gasteiger partial charge in [0.25, 0.3) is 0 Å². The average molecular weight is 238 g/mol. The summed E-state index contributed by atoms with van der Waals surface area (Å²) in [5.74, 6) is 0.927. The molecule has 0 fully saturated rings. The van der Waals surface area contributed by atoms with Gasteiger partial charge in [-0.2, -0.15) is 0 Å². The lowest BCUT2D eigenvalue weighted by Crippen LogP contribution is -2.19. The maximum atomic E-state index is 5.77. The van der Waals surface area contributed by atoms with Crippen molar-refractivity contribution in [1.82, 2.24) is 0 Å². The standard InChI is InChI=1S/C14H23OP/c1-6-13(2,3)11-7-9-12(10-8-11)15-14(4,5)16/h7-10H,6,16H2,1-5H3. The average Bonchev–Trinajstić information content (AvgIpc) is 2.16. The lowest BCUT2D eigenvalue weighted by molar-refractivity contribution is 0.206. The molecule has 1 aromatic carbocycles. The van der Waals surface area contributed by atoms with E-state index in [0.29, 0.717) is 0 Å². The fraction of sp³-hybridized carbons (Fsp3) is 0.571. The number of benzene rings is 1. The van der Waals surface area contributed by atoms with Crippen LogP contribution in [0.25, 0.3) is 0 Å². The van der Waals surface area contributed by atoms with Crippen LogP contribution in [0.3, 0.4) is 0 Å². The fourth-order valence-electron chi connectivity index (χ4n) is 1.48. The molecule has 1 rings (SSSR count). The van der Waals surface area contributed by atoms with Crippen LogP contribution in [0.4, 0.5) is 0 Å². The zero-order valence-electron chi connectivity index (χ0n) is 11.0. The summed E-state index contributed by atoms with van der Waals surface area (Å²) in [4.78, 5) is 0. The Labute approximate surface area is 102 Å². The summed E-state index contributed by atoms with van der Waals surface area (Å²) in [6, 6.07) is 8.43. The Bertz CT molecular complexity index is 333. The largest absolute Gasteiger partial charge is 0.484 e. The smallest absolute Gasteiger partial charge is 0.120 e. The van der Waals surface area contributed by atoms with Crippen LogP contribution in [0.1, 0.15) is 46.6 Å². The van der Waals surface area contributed by atoms with Gasteiger partial charge < -0.3 is 4.74 Å². The molecule has 90 valence electrons. The molecule has 0 bridgehead atoms. The van der Waals surface area contributed by atoms with Gasteiger partial charge in [0.2, 0.25) is 0 Å². The van der Waals surface area contributed by atoms with Gasteiger partial charge in [-0.25, -0.2) is 0 Å². The lowest BCUT2D eigenvalue weighted by Gasteiger charge is -2.25. The van der Waals surface area contributed by atoms with Gasteiger partial charge in [0.15, 0.2) is 0 Å². The Morgan fingerprint density at radius 1 is 1.06 bits per heavy atom. The number of rotatable bonds is 4. The van der Waals surface area contributed by atoms with E-state index in [0.717, 1.165) is 12.2 Å². The molecule has 0 amide bonds. The van der Waals surface area contributed by atoms with E-state index in [9.17, 15) is 0 Å². The van der Waals surface area contributed by atoms with Crippen LogP contribution < -0.4 is 4.74 Å². The molecule has 0 heterocycles. The first kappa shape index (κ1) is 13.5. The van der Waals surface area contributed by atoms with Gasteiger partial charge in [0.1, 0.15) is 11.1 Å². The monoisotopic (exact) mass is 238 g/mol. The summed E-state index contributed by atoms with van der Waals surface area (Å²) in [5.41, 5.74) is 1.61. The lowest BCUT2D eigenvalue weighted by atomic mass is 9.82. The first-order chi connectivity index (χ1) is 7.24. The predicted octanol–water partition coefficient (Wildman–Crippen LogP) is 4.36. The second kappa shape index (κ2) is 4.75. The van der Waals surface area contributed by atoms with Gasteiger partial charge in [0, 0.05) is 0 Å². The number of hydrogen-bond acceptors (Lipinski definition) is 1. The molecule has 0 spiro atoms. The normalized spacial score (nSPS) is 12.6. The summed E-state index contributed by atoms with van der Waals surface area (Å²) in [7, 11) is 2.69. The Hall–Kier alpha value is -0.550. The summed E-state index contributed by atoms with van der Waals surface area (Å²) < 4.78 is 5.77.